The maximum absolute atomic E-state index is 5.95. The Labute approximate surface area is 105 Å². The SMILES string of the molecule is C=C(C)c1ccc2c(c1)nc(N)c1ncccc12. The van der Waals surface area contributed by atoms with Crippen LogP contribution in [0.1, 0.15) is 12.5 Å². The lowest BCUT2D eigenvalue weighted by molar-refractivity contribution is 1.36. The van der Waals surface area contributed by atoms with Crippen LogP contribution in [0, 0.1) is 0 Å². The topological polar surface area (TPSA) is 51.8 Å². The molecular formula is C15H13N3. The number of nitrogen functional groups attached to an aromatic ring is 1. The Kier molecular flexibility index (Phi) is 2.27. The van der Waals surface area contributed by atoms with E-state index in [0.29, 0.717) is 5.82 Å². The molecule has 1 aromatic carbocycles. The highest BCUT2D eigenvalue weighted by molar-refractivity contribution is 6.08. The summed E-state index contributed by atoms with van der Waals surface area (Å²) in [7, 11) is 0. The lowest BCUT2D eigenvalue weighted by Crippen LogP contribution is -1.95. The Morgan fingerprint density at radius 1 is 1.22 bits per heavy atom. The minimum atomic E-state index is 0.469. The number of pyridine rings is 2. The Bertz CT molecular complexity index is 775. The van der Waals surface area contributed by atoms with Crippen LogP contribution in [0.25, 0.3) is 27.4 Å². The number of nitrogens with two attached hydrogens (primary N) is 1. The van der Waals surface area contributed by atoms with E-state index in [1.165, 1.54) is 0 Å². The van der Waals surface area contributed by atoms with Crippen molar-refractivity contribution in [2.75, 3.05) is 5.73 Å². The van der Waals surface area contributed by atoms with Crippen LogP contribution in [0.2, 0.25) is 0 Å². The van der Waals surface area contributed by atoms with Crippen molar-refractivity contribution in [2.24, 2.45) is 0 Å². The van der Waals surface area contributed by atoms with Crippen LogP contribution < -0.4 is 5.73 Å². The van der Waals surface area contributed by atoms with Gasteiger partial charge in [-0.05, 0) is 24.6 Å². The summed E-state index contributed by atoms with van der Waals surface area (Å²) in [6.45, 7) is 5.92. The van der Waals surface area contributed by atoms with Gasteiger partial charge in [-0.1, -0.05) is 30.4 Å². The molecule has 2 heterocycles. The van der Waals surface area contributed by atoms with Crippen LogP contribution in [-0.4, -0.2) is 9.97 Å². The number of anilines is 1. The second-order valence-electron chi connectivity index (χ2n) is 4.41. The standard InChI is InChI=1S/C15H13N3/c1-9(2)10-5-6-11-12-4-3-7-17-14(12)15(16)18-13(11)8-10/h3-8H,1H2,2H3,(H2,16,18). The summed E-state index contributed by atoms with van der Waals surface area (Å²) < 4.78 is 0. The third-order valence-corrected chi connectivity index (χ3v) is 3.07. The molecular weight excluding hydrogens is 222 g/mol. The Morgan fingerprint density at radius 2 is 2.06 bits per heavy atom. The van der Waals surface area contributed by atoms with Crippen molar-refractivity contribution in [3.63, 3.8) is 0 Å². The molecule has 0 unspecified atom stereocenters. The predicted octanol–water partition coefficient (Wildman–Crippen LogP) is 3.40. The summed E-state index contributed by atoms with van der Waals surface area (Å²) in [5.41, 5.74) is 9.69. The van der Waals surface area contributed by atoms with Gasteiger partial charge in [0.05, 0.1) is 5.52 Å². The van der Waals surface area contributed by atoms with Crippen LogP contribution in [0.5, 0.6) is 0 Å². The van der Waals surface area contributed by atoms with Crippen LogP contribution >= 0.6 is 0 Å². The highest BCUT2D eigenvalue weighted by Gasteiger charge is 2.07. The monoisotopic (exact) mass is 235 g/mol. The van der Waals surface area contributed by atoms with E-state index in [2.05, 4.69) is 28.7 Å². The van der Waals surface area contributed by atoms with Gasteiger partial charge in [0.25, 0.3) is 0 Å². The molecule has 18 heavy (non-hydrogen) atoms. The van der Waals surface area contributed by atoms with Crippen LogP contribution in [0.3, 0.4) is 0 Å². The average Bonchev–Trinajstić information content (AvgIpc) is 2.38. The fourth-order valence-corrected chi connectivity index (χ4v) is 2.13. The number of rotatable bonds is 1. The van der Waals surface area contributed by atoms with E-state index < -0.39 is 0 Å². The summed E-state index contributed by atoms with van der Waals surface area (Å²) in [6.07, 6.45) is 1.73. The maximum Gasteiger partial charge on any atom is 0.150 e. The Hall–Kier alpha value is -2.42. The van der Waals surface area contributed by atoms with Gasteiger partial charge in [0.2, 0.25) is 0 Å². The number of aromatic nitrogens is 2. The summed E-state index contributed by atoms with van der Waals surface area (Å²) in [4.78, 5) is 8.70. The van der Waals surface area contributed by atoms with Crippen molar-refractivity contribution in [3.05, 3.63) is 48.7 Å². The first-order chi connectivity index (χ1) is 8.66. The molecule has 0 spiro atoms. The largest absolute Gasteiger partial charge is 0.382 e. The lowest BCUT2D eigenvalue weighted by Gasteiger charge is -2.07. The molecule has 0 radical (unpaired) electrons. The number of allylic oxidation sites excluding steroid dienone is 1. The van der Waals surface area contributed by atoms with Gasteiger partial charge in [-0.25, -0.2) is 4.98 Å². The molecule has 3 nitrogen and oxygen atoms in total. The second-order valence-corrected chi connectivity index (χ2v) is 4.41. The highest BCUT2D eigenvalue weighted by Crippen LogP contribution is 2.27. The molecule has 0 saturated heterocycles. The number of hydrogen-bond donors (Lipinski definition) is 1. The number of hydrogen-bond acceptors (Lipinski definition) is 3. The third-order valence-electron chi connectivity index (χ3n) is 3.07. The van der Waals surface area contributed by atoms with Crippen molar-refractivity contribution < 1.29 is 0 Å². The van der Waals surface area contributed by atoms with E-state index in [-0.39, 0.29) is 0 Å². The van der Waals surface area contributed by atoms with E-state index in [9.17, 15) is 0 Å². The van der Waals surface area contributed by atoms with Gasteiger partial charge in [-0.2, -0.15) is 0 Å². The lowest BCUT2D eigenvalue weighted by atomic mass is 10.0. The fraction of sp³-hybridized carbons (Fsp3) is 0.0667. The molecule has 2 N–H and O–H groups in total. The minimum absolute atomic E-state index is 0.469. The zero-order chi connectivity index (χ0) is 12.7. The minimum Gasteiger partial charge on any atom is -0.382 e. The van der Waals surface area contributed by atoms with Gasteiger partial charge < -0.3 is 5.73 Å². The van der Waals surface area contributed by atoms with Crippen molar-refractivity contribution in [3.8, 4) is 0 Å². The normalized spacial score (nSPS) is 10.9. The smallest absolute Gasteiger partial charge is 0.150 e. The van der Waals surface area contributed by atoms with Crippen molar-refractivity contribution in [2.45, 2.75) is 6.92 Å². The van der Waals surface area contributed by atoms with E-state index in [1.54, 1.807) is 6.20 Å². The van der Waals surface area contributed by atoms with E-state index >= 15 is 0 Å². The molecule has 0 aliphatic rings. The van der Waals surface area contributed by atoms with Gasteiger partial charge >= 0.3 is 0 Å². The molecule has 0 fully saturated rings. The molecule has 0 amide bonds. The van der Waals surface area contributed by atoms with Crippen LogP contribution in [0.4, 0.5) is 5.82 Å². The molecule has 0 saturated carbocycles. The first-order valence-electron chi connectivity index (χ1n) is 5.76. The summed E-state index contributed by atoms with van der Waals surface area (Å²) in [5, 5.41) is 2.10. The van der Waals surface area contributed by atoms with Gasteiger partial charge in [-0.3, -0.25) is 4.98 Å². The molecule has 0 bridgehead atoms. The Morgan fingerprint density at radius 3 is 2.83 bits per heavy atom. The van der Waals surface area contributed by atoms with Crippen molar-refractivity contribution >= 4 is 33.2 Å². The molecule has 3 rings (SSSR count). The van der Waals surface area contributed by atoms with Gasteiger partial charge in [0.15, 0.2) is 5.82 Å². The maximum atomic E-state index is 5.95. The fourth-order valence-electron chi connectivity index (χ4n) is 2.13. The number of benzene rings is 1. The molecule has 0 atom stereocenters. The molecule has 0 aliphatic carbocycles. The number of nitrogens with zero attached hydrogens (tertiary/aromatic N) is 2. The van der Waals surface area contributed by atoms with Crippen LogP contribution in [0.15, 0.2) is 43.1 Å². The Balaban J connectivity index is 2.46. The van der Waals surface area contributed by atoms with Crippen LogP contribution in [-0.2, 0) is 0 Å². The molecule has 3 heteroatoms. The highest BCUT2D eigenvalue weighted by atomic mass is 14.9. The zero-order valence-corrected chi connectivity index (χ0v) is 10.1. The average molecular weight is 235 g/mol. The predicted molar refractivity (Wildman–Crippen MR) is 76.2 cm³/mol. The summed E-state index contributed by atoms with van der Waals surface area (Å²) in [5.74, 6) is 0.469. The van der Waals surface area contributed by atoms with Crippen molar-refractivity contribution in [1.82, 2.24) is 9.97 Å². The molecule has 3 aromatic rings. The summed E-state index contributed by atoms with van der Waals surface area (Å²) >= 11 is 0. The van der Waals surface area contributed by atoms with E-state index in [1.807, 2.05) is 25.1 Å². The first-order valence-corrected chi connectivity index (χ1v) is 5.76. The summed E-state index contributed by atoms with van der Waals surface area (Å²) in [6, 6.07) is 10.0. The zero-order valence-electron chi connectivity index (χ0n) is 10.1. The van der Waals surface area contributed by atoms with E-state index in [4.69, 9.17) is 5.73 Å². The van der Waals surface area contributed by atoms with Gasteiger partial charge in [0.1, 0.15) is 5.52 Å². The third kappa shape index (κ3) is 1.52. The molecule has 0 aliphatic heterocycles. The first kappa shape index (κ1) is 10.7. The van der Waals surface area contributed by atoms with Gasteiger partial charge in [-0.15, -0.1) is 0 Å². The number of fused-ring (bicyclic) bond motifs is 3. The van der Waals surface area contributed by atoms with Gasteiger partial charge in [0, 0.05) is 17.0 Å². The van der Waals surface area contributed by atoms with Crippen molar-refractivity contribution in [1.29, 1.82) is 0 Å². The van der Waals surface area contributed by atoms with E-state index in [0.717, 1.165) is 32.9 Å². The molecule has 2 aromatic heterocycles. The quantitative estimate of drug-likeness (QED) is 0.658. The second kappa shape index (κ2) is 3.81. The molecule has 88 valence electrons.